The lowest BCUT2D eigenvalue weighted by Gasteiger charge is -2.40. The quantitative estimate of drug-likeness (QED) is 0.883. The molecule has 2 atom stereocenters. The maximum atomic E-state index is 11.4. The zero-order valence-electron chi connectivity index (χ0n) is 14.6. The predicted octanol–water partition coefficient (Wildman–Crippen LogP) is 3.51. The van der Waals surface area contributed by atoms with Gasteiger partial charge in [0.05, 0.1) is 12.1 Å². The van der Waals surface area contributed by atoms with Crippen molar-refractivity contribution >= 4 is 11.6 Å². The predicted molar refractivity (Wildman–Crippen MR) is 102 cm³/mol. The monoisotopic (exact) mass is 356 g/mol. The Morgan fingerprint density at radius 1 is 1.16 bits per heavy atom. The third-order valence-electron chi connectivity index (χ3n) is 5.97. The van der Waals surface area contributed by atoms with Crippen molar-refractivity contribution in [2.24, 2.45) is 0 Å². The Hall–Kier alpha value is -1.39. The lowest BCUT2D eigenvalue weighted by molar-refractivity contribution is 0.00420. The molecule has 1 heterocycles. The molecule has 4 rings (SSSR count). The van der Waals surface area contributed by atoms with Crippen molar-refractivity contribution in [3.8, 4) is 0 Å². The molecular weight excluding hydrogens is 332 g/mol. The number of fused-ring (bicyclic) bond motifs is 2. The first-order valence-electron chi connectivity index (χ1n) is 9.05. The molecule has 0 radical (unpaired) electrons. The number of hydrogen-bond acceptors (Lipinski definition) is 3. The fourth-order valence-corrected chi connectivity index (χ4v) is 4.99. The molecule has 1 aliphatic heterocycles. The molecule has 0 amide bonds. The van der Waals surface area contributed by atoms with E-state index in [4.69, 9.17) is 11.6 Å². The van der Waals surface area contributed by atoms with E-state index in [1.165, 1.54) is 16.7 Å². The van der Waals surface area contributed by atoms with Crippen LogP contribution in [-0.2, 0) is 12.0 Å². The van der Waals surface area contributed by atoms with Crippen molar-refractivity contribution in [3.05, 3.63) is 70.2 Å². The molecule has 1 aliphatic carbocycles. The van der Waals surface area contributed by atoms with E-state index < -0.39 is 0 Å². The summed E-state index contributed by atoms with van der Waals surface area (Å²) in [6.45, 7) is 2.71. The highest BCUT2D eigenvalue weighted by molar-refractivity contribution is 6.30. The van der Waals surface area contributed by atoms with Gasteiger partial charge in [0.25, 0.3) is 0 Å². The van der Waals surface area contributed by atoms with E-state index in [9.17, 15) is 5.11 Å². The van der Waals surface area contributed by atoms with Crippen molar-refractivity contribution in [2.45, 2.75) is 36.9 Å². The number of nitrogens with zero attached hydrogens (tertiary/aromatic N) is 1. The highest BCUT2D eigenvalue weighted by Crippen LogP contribution is 2.51. The highest BCUT2D eigenvalue weighted by atomic mass is 35.5. The van der Waals surface area contributed by atoms with Crippen molar-refractivity contribution in [1.29, 1.82) is 0 Å². The number of nitrogens with one attached hydrogen (secondary N) is 1. The average Bonchev–Trinajstić information content (AvgIpc) is 2.85. The van der Waals surface area contributed by atoms with Crippen molar-refractivity contribution in [2.75, 3.05) is 20.1 Å². The first-order chi connectivity index (χ1) is 12.1. The molecular formula is C21H25ClN2O. The molecule has 2 aromatic carbocycles. The minimum Gasteiger partial charge on any atom is -0.390 e. The Bertz CT molecular complexity index is 757. The van der Waals surface area contributed by atoms with Gasteiger partial charge in [-0.2, -0.15) is 0 Å². The molecule has 2 N–H and O–H groups in total. The molecule has 1 spiro atoms. The van der Waals surface area contributed by atoms with Crippen LogP contribution in [0.1, 0.15) is 35.6 Å². The summed E-state index contributed by atoms with van der Waals surface area (Å²) in [5.41, 5.74) is 3.68. The lowest BCUT2D eigenvalue weighted by atomic mass is 9.72. The van der Waals surface area contributed by atoms with Crippen LogP contribution in [-0.4, -0.2) is 36.2 Å². The number of halogens is 1. The Labute approximate surface area is 154 Å². The molecule has 2 aliphatic rings. The molecule has 0 unspecified atom stereocenters. The SMILES string of the molecule is CN(Cc1cccc(Cl)c1)[C@@H]1c2ccccc2C2(CCNCC2)[C@H]1O. The largest absolute Gasteiger partial charge is 0.390 e. The summed E-state index contributed by atoms with van der Waals surface area (Å²) < 4.78 is 0. The molecule has 3 nitrogen and oxygen atoms in total. The Balaban J connectivity index is 1.67. The van der Waals surface area contributed by atoms with Crippen LogP contribution in [0.15, 0.2) is 48.5 Å². The number of benzene rings is 2. The van der Waals surface area contributed by atoms with Gasteiger partial charge in [0.2, 0.25) is 0 Å². The third-order valence-corrected chi connectivity index (χ3v) is 6.21. The van der Waals surface area contributed by atoms with Crippen molar-refractivity contribution < 1.29 is 5.11 Å². The second-order valence-electron chi connectivity index (χ2n) is 7.43. The van der Waals surface area contributed by atoms with Crippen LogP contribution >= 0.6 is 11.6 Å². The zero-order chi connectivity index (χ0) is 17.4. The molecule has 1 saturated heterocycles. The average molecular weight is 357 g/mol. The molecule has 25 heavy (non-hydrogen) atoms. The van der Waals surface area contributed by atoms with Crippen LogP contribution in [0, 0.1) is 0 Å². The number of hydrogen-bond donors (Lipinski definition) is 2. The first-order valence-corrected chi connectivity index (χ1v) is 9.42. The Morgan fingerprint density at radius 2 is 1.92 bits per heavy atom. The van der Waals surface area contributed by atoms with Crippen LogP contribution in [0.25, 0.3) is 0 Å². The van der Waals surface area contributed by atoms with Gasteiger partial charge in [0.15, 0.2) is 0 Å². The maximum absolute atomic E-state index is 11.4. The van der Waals surface area contributed by atoms with Gasteiger partial charge >= 0.3 is 0 Å². The molecule has 2 aromatic rings. The van der Waals surface area contributed by atoms with Crippen LogP contribution in [0.3, 0.4) is 0 Å². The van der Waals surface area contributed by atoms with E-state index in [0.717, 1.165) is 37.5 Å². The van der Waals surface area contributed by atoms with Crippen LogP contribution in [0.4, 0.5) is 0 Å². The maximum Gasteiger partial charge on any atom is 0.0834 e. The standard InChI is InChI=1S/C21H25ClN2O/c1-24(14-15-5-4-6-16(22)13-15)19-17-7-2-3-8-18(17)21(20(19)25)9-11-23-12-10-21/h2-8,13,19-20,23,25H,9-12,14H2,1H3/t19-,20+/m1/s1. The highest BCUT2D eigenvalue weighted by Gasteiger charge is 2.52. The minimum atomic E-state index is -0.379. The number of rotatable bonds is 3. The minimum absolute atomic E-state index is 0.0216. The number of aliphatic hydroxyl groups excluding tert-OH is 1. The number of likely N-dealkylation sites (N-methyl/N-ethyl adjacent to an activating group) is 1. The van der Waals surface area contributed by atoms with Gasteiger partial charge in [-0.3, -0.25) is 4.90 Å². The molecule has 0 bridgehead atoms. The van der Waals surface area contributed by atoms with E-state index in [1.54, 1.807) is 0 Å². The Morgan fingerprint density at radius 3 is 2.68 bits per heavy atom. The second kappa shape index (κ2) is 6.73. The van der Waals surface area contributed by atoms with Crippen molar-refractivity contribution in [1.82, 2.24) is 10.2 Å². The van der Waals surface area contributed by atoms with E-state index in [0.29, 0.717) is 0 Å². The summed E-state index contributed by atoms with van der Waals surface area (Å²) in [5, 5.41) is 15.6. The smallest absolute Gasteiger partial charge is 0.0834 e. The summed E-state index contributed by atoms with van der Waals surface area (Å²) in [6.07, 6.45) is 1.61. The van der Waals surface area contributed by atoms with Gasteiger partial charge in [-0.15, -0.1) is 0 Å². The fraction of sp³-hybridized carbons (Fsp3) is 0.429. The summed E-state index contributed by atoms with van der Waals surface area (Å²) in [4.78, 5) is 2.27. The van der Waals surface area contributed by atoms with Crippen molar-refractivity contribution in [3.63, 3.8) is 0 Å². The second-order valence-corrected chi connectivity index (χ2v) is 7.86. The normalized spacial score (nSPS) is 24.6. The third kappa shape index (κ3) is 2.89. The summed E-state index contributed by atoms with van der Waals surface area (Å²) in [5.74, 6) is 0. The molecule has 0 saturated carbocycles. The van der Waals surface area contributed by atoms with Gasteiger partial charge in [-0.1, -0.05) is 48.0 Å². The van der Waals surface area contributed by atoms with Gasteiger partial charge in [0.1, 0.15) is 0 Å². The van der Waals surface area contributed by atoms with E-state index >= 15 is 0 Å². The van der Waals surface area contributed by atoms with Gasteiger partial charge < -0.3 is 10.4 Å². The summed E-state index contributed by atoms with van der Waals surface area (Å²) in [7, 11) is 2.10. The molecule has 132 valence electrons. The van der Waals surface area contributed by atoms with Crippen LogP contribution in [0.5, 0.6) is 0 Å². The van der Waals surface area contributed by atoms with Gasteiger partial charge in [-0.05, 0) is 61.8 Å². The lowest BCUT2D eigenvalue weighted by Crippen LogP contribution is -2.48. The zero-order valence-corrected chi connectivity index (χ0v) is 15.3. The number of piperidine rings is 1. The van der Waals surface area contributed by atoms with Gasteiger partial charge in [0, 0.05) is 17.0 Å². The molecule has 4 heteroatoms. The molecule has 0 aromatic heterocycles. The van der Waals surface area contributed by atoms with E-state index in [1.807, 2.05) is 18.2 Å². The van der Waals surface area contributed by atoms with E-state index in [2.05, 4.69) is 47.6 Å². The summed E-state index contributed by atoms with van der Waals surface area (Å²) >= 11 is 6.14. The van der Waals surface area contributed by atoms with Gasteiger partial charge in [-0.25, -0.2) is 0 Å². The fourth-order valence-electron chi connectivity index (χ4n) is 4.78. The van der Waals surface area contributed by atoms with E-state index in [-0.39, 0.29) is 17.6 Å². The van der Waals surface area contributed by atoms with Crippen LogP contribution < -0.4 is 5.32 Å². The summed E-state index contributed by atoms with van der Waals surface area (Å²) in [6, 6.07) is 16.6. The Kier molecular flexibility index (Phi) is 4.59. The number of aliphatic hydroxyl groups is 1. The van der Waals surface area contributed by atoms with Crippen LogP contribution in [0.2, 0.25) is 5.02 Å². The topological polar surface area (TPSA) is 35.5 Å². The molecule has 1 fully saturated rings. The first kappa shape index (κ1) is 17.0.